The minimum Gasteiger partial charge on any atom is -0.493 e. The van der Waals surface area contributed by atoms with Crippen LogP contribution in [0.4, 0.5) is 0 Å². The number of carbonyl (C=O) groups is 2. The van der Waals surface area contributed by atoms with Crippen molar-refractivity contribution in [1.82, 2.24) is 5.43 Å². The van der Waals surface area contributed by atoms with Crippen LogP contribution in [0.1, 0.15) is 26.5 Å². The first kappa shape index (κ1) is 18.0. The van der Waals surface area contributed by atoms with E-state index in [9.17, 15) is 14.7 Å². The molecular formula is C19H16N2O6. The van der Waals surface area contributed by atoms with Gasteiger partial charge in [0.25, 0.3) is 0 Å². The SMILES string of the molecule is COc1ccc(/C=N\NC(=O)c2cc3ccccc3o2)c(C(=O)O)c1OC. The van der Waals surface area contributed by atoms with Crippen LogP contribution >= 0.6 is 0 Å². The van der Waals surface area contributed by atoms with E-state index in [1.807, 2.05) is 12.1 Å². The predicted octanol–water partition coefficient (Wildman–Crippen LogP) is 2.91. The molecule has 8 heteroatoms. The number of benzene rings is 2. The number of furan rings is 1. The molecule has 0 bridgehead atoms. The van der Waals surface area contributed by atoms with Gasteiger partial charge in [-0.15, -0.1) is 0 Å². The molecule has 0 aliphatic heterocycles. The van der Waals surface area contributed by atoms with Crippen LogP contribution in [0.5, 0.6) is 11.5 Å². The molecule has 1 heterocycles. The highest BCUT2D eigenvalue weighted by Crippen LogP contribution is 2.32. The van der Waals surface area contributed by atoms with Gasteiger partial charge in [0.2, 0.25) is 0 Å². The number of carboxylic acids is 1. The number of hydrogen-bond acceptors (Lipinski definition) is 6. The number of carboxylic acid groups (broad SMARTS) is 1. The van der Waals surface area contributed by atoms with E-state index in [2.05, 4.69) is 10.5 Å². The fraction of sp³-hybridized carbons (Fsp3) is 0.105. The van der Waals surface area contributed by atoms with Crippen LogP contribution in [-0.4, -0.2) is 37.4 Å². The van der Waals surface area contributed by atoms with Crippen molar-refractivity contribution in [2.75, 3.05) is 14.2 Å². The summed E-state index contributed by atoms with van der Waals surface area (Å²) in [5.41, 5.74) is 3.01. The Balaban J connectivity index is 1.83. The molecule has 27 heavy (non-hydrogen) atoms. The molecular weight excluding hydrogens is 352 g/mol. The molecule has 2 N–H and O–H groups in total. The molecule has 1 amide bonds. The largest absolute Gasteiger partial charge is 0.493 e. The van der Waals surface area contributed by atoms with E-state index in [0.717, 1.165) is 5.39 Å². The third-order valence-electron chi connectivity index (χ3n) is 3.81. The average Bonchev–Trinajstić information content (AvgIpc) is 3.11. The quantitative estimate of drug-likeness (QED) is 0.511. The van der Waals surface area contributed by atoms with E-state index in [1.54, 1.807) is 24.3 Å². The van der Waals surface area contributed by atoms with E-state index in [4.69, 9.17) is 13.9 Å². The van der Waals surface area contributed by atoms with Crippen molar-refractivity contribution >= 4 is 29.1 Å². The fourth-order valence-corrected chi connectivity index (χ4v) is 2.58. The number of methoxy groups -OCH3 is 2. The van der Waals surface area contributed by atoms with Crippen molar-refractivity contribution in [2.45, 2.75) is 0 Å². The van der Waals surface area contributed by atoms with Crippen molar-refractivity contribution < 1.29 is 28.6 Å². The summed E-state index contributed by atoms with van der Waals surface area (Å²) in [5.74, 6) is -1.33. The smallest absolute Gasteiger partial charge is 0.340 e. The van der Waals surface area contributed by atoms with Gasteiger partial charge in [-0.2, -0.15) is 5.10 Å². The Hall–Kier alpha value is -3.81. The molecule has 1 aromatic heterocycles. The van der Waals surface area contributed by atoms with Gasteiger partial charge in [-0.3, -0.25) is 4.79 Å². The predicted molar refractivity (Wildman–Crippen MR) is 97.8 cm³/mol. The van der Waals surface area contributed by atoms with Crippen molar-refractivity contribution in [2.24, 2.45) is 5.10 Å². The van der Waals surface area contributed by atoms with Crippen LogP contribution in [0.3, 0.4) is 0 Å². The summed E-state index contributed by atoms with van der Waals surface area (Å²) in [7, 11) is 2.75. The summed E-state index contributed by atoms with van der Waals surface area (Å²) in [6, 6.07) is 11.9. The molecule has 0 saturated carbocycles. The number of aromatic carboxylic acids is 1. The number of rotatable bonds is 6. The molecule has 0 aliphatic rings. The third-order valence-corrected chi connectivity index (χ3v) is 3.81. The number of fused-ring (bicyclic) bond motifs is 1. The lowest BCUT2D eigenvalue weighted by atomic mass is 10.1. The number of carbonyl (C=O) groups excluding carboxylic acids is 1. The highest BCUT2D eigenvalue weighted by atomic mass is 16.5. The van der Waals surface area contributed by atoms with Crippen molar-refractivity contribution in [3.63, 3.8) is 0 Å². The molecule has 8 nitrogen and oxygen atoms in total. The number of nitrogens with one attached hydrogen (secondary N) is 1. The summed E-state index contributed by atoms with van der Waals surface area (Å²) in [6.45, 7) is 0. The maximum absolute atomic E-state index is 12.2. The Morgan fingerprint density at radius 2 is 1.93 bits per heavy atom. The summed E-state index contributed by atoms with van der Waals surface area (Å²) in [6.07, 6.45) is 1.21. The number of hydrazone groups is 1. The van der Waals surface area contributed by atoms with E-state index in [0.29, 0.717) is 5.58 Å². The first-order valence-corrected chi connectivity index (χ1v) is 7.85. The Labute approximate surface area is 154 Å². The topological polar surface area (TPSA) is 110 Å². The number of ether oxygens (including phenoxy) is 2. The molecule has 0 saturated heterocycles. The van der Waals surface area contributed by atoms with Gasteiger partial charge < -0.3 is 19.0 Å². The number of para-hydroxylation sites is 1. The lowest BCUT2D eigenvalue weighted by Gasteiger charge is -2.12. The second kappa shape index (κ2) is 7.61. The lowest BCUT2D eigenvalue weighted by Crippen LogP contribution is -2.17. The van der Waals surface area contributed by atoms with Crippen LogP contribution in [0.15, 0.2) is 52.0 Å². The van der Waals surface area contributed by atoms with E-state index >= 15 is 0 Å². The summed E-state index contributed by atoms with van der Waals surface area (Å²) < 4.78 is 15.7. The summed E-state index contributed by atoms with van der Waals surface area (Å²) in [4.78, 5) is 23.8. The van der Waals surface area contributed by atoms with Gasteiger partial charge in [0.1, 0.15) is 11.1 Å². The molecule has 0 unspecified atom stereocenters. The Morgan fingerprint density at radius 1 is 1.15 bits per heavy atom. The third kappa shape index (κ3) is 3.59. The van der Waals surface area contributed by atoms with Gasteiger partial charge >= 0.3 is 11.9 Å². The monoisotopic (exact) mass is 368 g/mol. The van der Waals surface area contributed by atoms with E-state index in [1.165, 1.54) is 26.5 Å². The normalized spacial score (nSPS) is 10.9. The highest BCUT2D eigenvalue weighted by molar-refractivity contribution is 6.02. The maximum atomic E-state index is 12.2. The Morgan fingerprint density at radius 3 is 2.59 bits per heavy atom. The Bertz CT molecular complexity index is 1000. The van der Waals surface area contributed by atoms with Crippen molar-refractivity contribution in [1.29, 1.82) is 0 Å². The molecule has 0 spiro atoms. The highest BCUT2D eigenvalue weighted by Gasteiger charge is 2.20. The minimum absolute atomic E-state index is 0.0672. The zero-order valence-corrected chi connectivity index (χ0v) is 14.6. The molecule has 2 aromatic carbocycles. The van der Waals surface area contributed by atoms with E-state index in [-0.39, 0.29) is 28.4 Å². The first-order chi connectivity index (χ1) is 13.0. The molecule has 138 valence electrons. The van der Waals surface area contributed by atoms with Gasteiger partial charge in [-0.1, -0.05) is 18.2 Å². The van der Waals surface area contributed by atoms with Gasteiger partial charge in [-0.05, 0) is 24.3 Å². The molecule has 3 aromatic rings. The van der Waals surface area contributed by atoms with Crippen LogP contribution in [0.2, 0.25) is 0 Å². The second-order valence-corrected chi connectivity index (χ2v) is 5.42. The van der Waals surface area contributed by atoms with Crippen LogP contribution in [0, 0.1) is 0 Å². The lowest BCUT2D eigenvalue weighted by molar-refractivity contribution is 0.0692. The summed E-state index contributed by atoms with van der Waals surface area (Å²) in [5, 5.41) is 14.1. The molecule has 0 atom stereocenters. The maximum Gasteiger partial charge on any atom is 0.340 e. The van der Waals surface area contributed by atoms with Crippen molar-refractivity contribution in [3.8, 4) is 11.5 Å². The van der Waals surface area contributed by atoms with Gasteiger partial charge in [-0.25, -0.2) is 10.2 Å². The number of hydrogen-bond donors (Lipinski definition) is 2. The average molecular weight is 368 g/mol. The van der Waals surface area contributed by atoms with Gasteiger partial charge in [0, 0.05) is 10.9 Å². The van der Waals surface area contributed by atoms with E-state index < -0.39 is 11.9 Å². The minimum atomic E-state index is -1.21. The standard InChI is InChI=1S/C19H16N2O6/c1-25-14-8-7-12(16(19(23)24)17(14)26-2)10-20-21-18(22)15-9-11-5-3-4-6-13(11)27-15/h3-10H,1-2H3,(H,21,22)(H,23,24)/b20-10-. The molecule has 3 rings (SSSR count). The van der Waals surface area contributed by atoms with Gasteiger partial charge in [0.05, 0.1) is 20.4 Å². The number of nitrogens with zero attached hydrogens (tertiary/aromatic N) is 1. The molecule has 0 radical (unpaired) electrons. The zero-order valence-electron chi connectivity index (χ0n) is 14.6. The zero-order chi connectivity index (χ0) is 19.4. The molecule has 0 fully saturated rings. The summed E-state index contributed by atoms with van der Waals surface area (Å²) >= 11 is 0. The molecule has 0 aliphatic carbocycles. The number of amides is 1. The second-order valence-electron chi connectivity index (χ2n) is 5.42. The first-order valence-electron chi connectivity index (χ1n) is 7.85. The Kier molecular flexibility index (Phi) is 5.07. The van der Waals surface area contributed by atoms with Gasteiger partial charge in [0.15, 0.2) is 17.3 Å². The fourth-order valence-electron chi connectivity index (χ4n) is 2.58. The van der Waals surface area contributed by atoms with Crippen molar-refractivity contribution in [3.05, 3.63) is 59.4 Å². The van der Waals surface area contributed by atoms with Crippen LogP contribution < -0.4 is 14.9 Å². The van der Waals surface area contributed by atoms with Crippen LogP contribution in [0.25, 0.3) is 11.0 Å². The van der Waals surface area contributed by atoms with Crippen LogP contribution in [-0.2, 0) is 0 Å².